The average Bonchev–Trinajstić information content (AvgIpc) is 3.26. The van der Waals surface area contributed by atoms with Crippen LogP contribution >= 0.6 is 0 Å². The van der Waals surface area contributed by atoms with Gasteiger partial charge in [0, 0.05) is 51.2 Å². The summed E-state index contributed by atoms with van der Waals surface area (Å²) in [5, 5.41) is 3.19. The van der Waals surface area contributed by atoms with Gasteiger partial charge in [-0.25, -0.2) is 18.0 Å². The Labute approximate surface area is 207 Å². The van der Waals surface area contributed by atoms with Crippen molar-refractivity contribution in [1.82, 2.24) is 10.2 Å². The third-order valence-electron chi connectivity index (χ3n) is 6.87. The van der Waals surface area contributed by atoms with Crippen LogP contribution in [-0.2, 0) is 19.0 Å². The molecule has 194 valence electrons. The molecule has 0 saturated carbocycles. The lowest BCUT2D eigenvalue weighted by Crippen LogP contribution is -2.54. The number of nitrogens with zero attached hydrogens (tertiary/aromatic N) is 2. The summed E-state index contributed by atoms with van der Waals surface area (Å²) in [4.78, 5) is 15.8. The Kier molecular flexibility index (Phi) is 6.71. The SMILES string of the molecule is CCOC(=O)C1=CN(c2ccc(F)cc2F)C2NC(N3CCC4(CC3)OCC(CN)O4)=C(F)C=C2C1. The number of carbonyl (C=O) groups excluding carboxylic acids is 1. The van der Waals surface area contributed by atoms with Crippen LogP contribution in [0.4, 0.5) is 18.9 Å². The molecule has 4 aliphatic heterocycles. The highest BCUT2D eigenvalue weighted by Crippen LogP contribution is 2.39. The van der Waals surface area contributed by atoms with E-state index in [9.17, 15) is 13.6 Å². The first-order valence-electron chi connectivity index (χ1n) is 12.1. The Morgan fingerprint density at radius 1 is 1.28 bits per heavy atom. The minimum absolute atomic E-state index is 0.0427. The first kappa shape index (κ1) is 24.7. The van der Waals surface area contributed by atoms with Crippen molar-refractivity contribution in [2.24, 2.45) is 5.73 Å². The maximum absolute atomic E-state index is 15.4. The Morgan fingerprint density at radius 3 is 2.72 bits per heavy atom. The van der Waals surface area contributed by atoms with E-state index in [1.807, 2.05) is 4.90 Å². The summed E-state index contributed by atoms with van der Waals surface area (Å²) < 4.78 is 60.8. The number of benzene rings is 1. The van der Waals surface area contributed by atoms with Gasteiger partial charge >= 0.3 is 5.97 Å². The van der Waals surface area contributed by atoms with E-state index in [-0.39, 0.29) is 36.2 Å². The molecule has 2 unspecified atom stereocenters. The fourth-order valence-corrected chi connectivity index (χ4v) is 5.06. The van der Waals surface area contributed by atoms with Crippen molar-refractivity contribution in [3.63, 3.8) is 0 Å². The first-order valence-corrected chi connectivity index (χ1v) is 12.1. The summed E-state index contributed by atoms with van der Waals surface area (Å²) in [5.74, 6) is -3.05. The molecule has 5 rings (SSSR count). The lowest BCUT2D eigenvalue weighted by molar-refractivity contribution is -0.192. The number of esters is 1. The van der Waals surface area contributed by atoms with E-state index < -0.39 is 35.4 Å². The van der Waals surface area contributed by atoms with Crippen LogP contribution in [0, 0.1) is 11.6 Å². The first-order chi connectivity index (χ1) is 17.3. The van der Waals surface area contributed by atoms with E-state index in [2.05, 4.69) is 5.32 Å². The van der Waals surface area contributed by atoms with Crippen LogP contribution in [0.15, 0.2) is 53.3 Å². The molecule has 1 spiro atoms. The predicted molar refractivity (Wildman–Crippen MR) is 125 cm³/mol. The monoisotopic (exact) mass is 506 g/mol. The van der Waals surface area contributed by atoms with E-state index in [1.165, 1.54) is 23.2 Å². The lowest BCUT2D eigenvalue weighted by atomic mass is 9.95. The summed E-state index contributed by atoms with van der Waals surface area (Å²) in [6, 6.07) is 3.19. The number of allylic oxidation sites excluding steroid dienone is 2. The number of anilines is 1. The molecule has 8 nitrogen and oxygen atoms in total. The number of halogens is 3. The third-order valence-corrected chi connectivity index (χ3v) is 6.87. The molecule has 0 aliphatic carbocycles. The molecule has 4 aliphatic rings. The number of nitrogens with two attached hydrogens (primary N) is 1. The van der Waals surface area contributed by atoms with E-state index >= 15 is 4.39 Å². The molecule has 11 heteroatoms. The number of hydrogen-bond acceptors (Lipinski definition) is 8. The zero-order valence-electron chi connectivity index (χ0n) is 19.9. The van der Waals surface area contributed by atoms with Gasteiger partial charge in [0.2, 0.25) is 0 Å². The van der Waals surface area contributed by atoms with Gasteiger partial charge in [-0.05, 0) is 30.7 Å². The highest BCUT2D eigenvalue weighted by molar-refractivity contribution is 5.90. The summed E-state index contributed by atoms with van der Waals surface area (Å²) in [5.41, 5.74) is 6.50. The van der Waals surface area contributed by atoms with Gasteiger partial charge in [-0.3, -0.25) is 0 Å². The Hall–Kier alpha value is -3.02. The van der Waals surface area contributed by atoms with Gasteiger partial charge in [0.15, 0.2) is 11.6 Å². The smallest absolute Gasteiger partial charge is 0.335 e. The Bertz CT molecular complexity index is 1130. The summed E-state index contributed by atoms with van der Waals surface area (Å²) in [6.45, 7) is 3.59. The number of rotatable bonds is 5. The molecule has 0 bridgehead atoms. The van der Waals surface area contributed by atoms with Crippen molar-refractivity contribution < 1.29 is 32.2 Å². The van der Waals surface area contributed by atoms with Gasteiger partial charge < -0.3 is 35.1 Å². The van der Waals surface area contributed by atoms with Crippen molar-refractivity contribution in [3.8, 4) is 0 Å². The second-order valence-electron chi connectivity index (χ2n) is 9.20. The number of nitrogens with one attached hydrogen (secondary N) is 1. The molecule has 4 heterocycles. The second-order valence-corrected chi connectivity index (χ2v) is 9.20. The zero-order valence-corrected chi connectivity index (χ0v) is 19.9. The molecule has 0 radical (unpaired) electrons. The van der Waals surface area contributed by atoms with Gasteiger partial charge in [-0.2, -0.15) is 0 Å². The Morgan fingerprint density at radius 2 is 2.06 bits per heavy atom. The van der Waals surface area contributed by atoms with Crippen LogP contribution < -0.4 is 16.0 Å². The maximum atomic E-state index is 15.4. The minimum Gasteiger partial charge on any atom is -0.463 e. The molecule has 0 amide bonds. The molecule has 2 fully saturated rings. The molecule has 3 N–H and O–H groups in total. The topological polar surface area (TPSA) is 89.3 Å². The van der Waals surface area contributed by atoms with Crippen molar-refractivity contribution in [2.45, 2.75) is 44.2 Å². The average molecular weight is 507 g/mol. The Balaban J connectivity index is 1.42. The highest BCUT2D eigenvalue weighted by Gasteiger charge is 2.45. The number of hydrogen-bond donors (Lipinski definition) is 2. The third kappa shape index (κ3) is 4.58. The standard InChI is InChI=1S/C25H29F3N4O4/c1-2-34-24(33)16-9-15-10-20(28)23(31-7-5-25(6-8-31)35-14-18(12-29)36-25)30-22(15)32(13-16)21-4-3-17(26)11-19(21)27/h3-4,10-11,13,18,22,30H,2,5-9,12,14,29H2,1H3. The van der Waals surface area contributed by atoms with Gasteiger partial charge in [-0.15, -0.1) is 0 Å². The number of piperidine rings is 1. The van der Waals surface area contributed by atoms with Crippen LogP contribution in [-0.4, -0.2) is 61.8 Å². The van der Waals surface area contributed by atoms with E-state index in [0.29, 0.717) is 44.7 Å². The van der Waals surface area contributed by atoms with E-state index in [1.54, 1.807) is 6.92 Å². The number of ether oxygens (including phenoxy) is 3. The minimum atomic E-state index is -0.806. The summed E-state index contributed by atoms with van der Waals surface area (Å²) in [7, 11) is 0. The van der Waals surface area contributed by atoms with E-state index in [0.717, 1.165) is 12.1 Å². The fraction of sp³-hybridized carbons (Fsp3) is 0.480. The summed E-state index contributed by atoms with van der Waals surface area (Å²) in [6.07, 6.45) is 3.21. The fourth-order valence-electron chi connectivity index (χ4n) is 5.06. The number of carbonyl (C=O) groups is 1. The lowest BCUT2D eigenvalue weighted by Gasteiger charge is -2.45. The molecular weight excluding hydrogens is 477 g/mol. The van der Waals surface area contributed by atoms with Crippen LogP contribution in [0.5, 0.6) is 0 Å². The summed E-state index contributed by atoms with van der Waals surface area (Å²) >= 11 is 0. The van der Waals surface area contributed by atoms with Crippen LogP contribution in [0.3, 0.4) is 0 Å². The van der Waals surface area contributed by atoms with Gasteiger partial charge in [-0.1, -0.05) is 0 Å². The molecular formula is C25H29F3N4O4. The van der Waals surface area contributed by atoms with Crippen molar-refractivity contribution >= 4 is 11.7 Å². The molecule has 2 saturated heterocycles. The van der Waals surface area contributed by atoms with Crippen LogP contribution in [0.25, 0.3) is 0 Å². The molecule has 2 atom stereocenters. The van der Waals surface area contributed by atoms with Crippen molar-refractivity contribution in [3.05, 3.63) is 64.9 Å². The predicted octanol–water partition coefficient (Wildman–Crippen LogP) is 2.78. The maximum Gasteiger partial charge on any atom is 0.335 e. The molecule has 1 aromatic rings. The quantitative estimate of drug-likeness (QED) is 0.590. The largest absolute Gasteiger partial charge is 0.463 e. The number of fused-ring (bicyclic) bond motifs is 1. The normalized spacial score (nSPS) is 25.4. The highest BCUT2D eigenvalue weighted by atomic mass is 19.1. The van der Waals surface area contributed by atoms with Gasteiger partial charge in [0.05, 0.1) is 30.6 Å². The van der Waals surface area contributed by atoms with E-state index in [4.69, 9.17) is 19.9 Å². The van der Waals surface area contributed by atoms with Crippen molar-refractivity contribution in [2.75, 3.05) is 37.7 Å². The molecule has 36 heavy (non-hydrogen) atoms. The van der Waals surface area contributed by atoms with Crippen LogP contribution in [0.2, 0.25) is 0 Å². The second kappa shape index (κ2) is 9.79. The number of likely N-dealkylation sites (tertiary alicyclic amines) is 1. The zero-order chi connectivity index (χ0) is 25.4. The number of dihydropyridines is 1. The molecule has 0 aromatic heterocycles. The van der Waals surface area contributed by atoms with Crippen LogP contribution in [0.1, 0.15) is 26.2 Å². The van der Waals surface area contributed by atoms with Gasteiger partial charge in [0.25, 0.3) is 0 Å². The van der Waals surface area contributed by atoms with Gasteiger partial charge in [0.1, 0.15) is 23.6 Å². The van der Waals surface area contributed by atoms with Crippen molar-refractivity contribution in [1.29, 1.82) is 0 Å². The molecule has 1 aromatic carbocycles.